The van der Waals surface area contributed by atoms with E-state index in [0.717, 1.165) is 4.47 Å². The van der Waals surface area contributed by atoms with Crippen molar-refractivity contribution in [3.8, 4) is 0 Å². The second kappa shape index (κ2) is 7.75. The van der Waals surface area contributed by atoms with Gasteiger partial charge in [-0.3, -0.25) is 0 Å². The fourth-order valence-electron chi connectivity index (χ4n) is 3.22. The molecule has 1 fully saturated rings. The van der Waals surface area contributed by atoms with Crippen LogP contribution in [0.15, 0.2) is 28.7 Å². The van der Waals surface area contributed by atoms with Gasteiger partial charge in [-0.25, -0.2) is 0 Å². The number of likely N-dealkylation sites (tertiary alicyclic amines) is 1. The van der Waals surface area contributed by atoms with Crippen LogP contribution in [0.1, 0.15) is 51.1 Å². The summed E-state index contributed by atoms with van der Waals surface area (Å²) in [5, 5.41) is 3.47. The normalized spacial score (nSPS) is 21.0. The Bertz CT molecular complexity index is 445. The molecular formula is C18H29BrN2. The van der Waals surface area contributed by atoms with E-state index in [2.05, 4.69) is 71.3 Å². The Morgan fingerprint density at radius 1 is 1.29 bits per heavy atom. The molecule has 0 spiro atoms. The standard InChI is InChI=1S/C18H29BrN2/c1-18(2)9-5-11-21(13-10-18)12-8-17(20-3)15-6-4-7-16(19)14-15/h4,6-7,14,17,20H,5,8-13H2,1-3H3. The summed E-state index contributed by atoms with van der Waals surface area (Å²) >= 11 is 3.57. The van der Waals surface area contributed by atoms with Crippen LogP contribution >= 0.6 is 15.9 Å². The molecule has 118 valence electrons. The fraction of sp³-hybridized carbons (Fsp3) is 0.667. The van der Waals surface area contributed by atoms with Crippen molar-refractivity contribution in [2.24, 2.45) is 5.41 Å². The van der Waals surface area contributed by atoms with Gasteiger partial charge in [0.1, 0.15) is 0 Å². The van der Waals surface area contributed by atoms with E-state index in [0.29, 0.717) is 11.5 Å². The van der Waals surface area contributed by atoms with Gasteiger partial charge in [-0.1, -0.05) is 41.9 Å². The molecule has 2 rings (SSSR count). The molecule has 2 nitrogen and oxygen atoms in total. The van der Waals surface area contributed by atoms with Gasteiger partial charge in [0.15, 0.2) is 0 Å². The maximum absolute atomic E-state index is 3.57. The molecule has 0 aliphatic carbocycles. The van der Waals surface area contributed by atoms with E-state index in [1.54, 1.807) is 0 Å². The van der Waals surface area contributed by atoms with Crippen LogP contribution in [-0.2, 0) is 0 Å². The summed E-state index contributed by atoms with van der Waals surface area (Å²) < 4.78 is 1.16. The number of hydrogen-bond donors (Lipinski definition) is 1. The maximum Gasteiger partial charge on any atom is 0.0330 e. The van der Waals surface area contributed by atoms with E-state index in [1.807, 2.05) is 0 Å². The van der Waals surface area contributed by atoms with Crippen molar-refractivity contribution in [2.75, 3.05) is 26.7 Å². The molecule has 3 heteroatoms. The van der Waals surface area contributed by atoms with Gasteiger partial charge in [0, 0.05) is 10.5 Å². The van der Waals surface area contributed by atoms with Crippen LogP contribution < -0.4 is 5.32 Å². The molecule has 1 N–H and O–H groups in total. The monoisotopic (exact) mass is 352 g/mol. The molecule has 1 aliphatic heterocycles. The van der Waals surface area contributed by atoms with Gasteiger partial charge in [-0.15, -0.1) is 0 Å². The lowest BCUT2D eigenvalue weighted by Gasteiger charge is -2.25. The third kappa shape index (κ3) is 5.39. The molecule has 0 bridgehead atoms. The minimum atomic E-state index is 0.443. The Labute approximate surface area is 138 Å². The molecule has 1 aromatic carbocycles. The topological polar surface area (TPSA) is 15.3 Å². The summed E-state index contributed by atoms with van der Waals surface area (Å²) in [6.45, 7) is 8.52. The Balaban J connectivity index is 1.88. The number of nitrogens with one attached hydrogen (secondary N) is 1. The zero-order valence-electron chi connectivity index (χ0n) is 13.7. The molecule has 1 heterocycles. The lowest BCUT2D eigenvalue weighted by atomic mass is 9.85. The zero-order chi connectivity index (χ0) is 15.3. The average Bonchev–Trinajstić information content (AvgIpc) is 2.61. The van der Waals surface area contributed by atoms with Crippen molar-refractivity contribution in [1.29, 1.82) is 0 Å². The second-order valence-corrected chi connectivity index (χ2v) is 7.96. The molecular weight excluding hydrogens is 324 g/mol. The average molecular weight is 353 g/mol. The van der Waals surface area contributed by atoms with Gasteiger partial charge in [0.05, 0.1) is 0 Å². The first-order chi connectivity index (χ1) is 10.00. The number of rotatable bonds is 5. The zero-order valence-corrected chi connectivity index (χ0v) is 15.2. The lowest BCUT2D eigenvalue weighted by Crippen LogP contribution is -2.29. The summed E-state index contributed by atoms with van der Waals surface area (Å²) in [5.41, 5.74) is 1.91. The van der Waals surface area contributed by atoms with Gasteiger partial charge in [0.2, 0.25) is 0 Å². The van der Waals surface area contributed by atoms with Crippen LogP contribution in [0, 0.1) is 5.41 Å². The summed E-state index contributed by atoms with van der Waals surface area (Å²) in [4.78, 5) is 2.65. The van der Waals surface area contributed by atoms with Gasteiger partial charge in [-0.2, -0.15) is 0 Å². The van der Waals surface area contributed by atoms with E-state index in [1.165, 1.54) is 50.9 Å². The summed E-state index contributed by atoms with van der Waals surface area (Å²) in [6.07, 6.45) is 5.21. The van der Waals surface area contributed by atoms with E-state index in [9.17, 15) is 0 Å². The van der Waals surface area contributed by atoms with Crippen LogP contribution in [0.2, 0.25) is 0 Å². The van der Waals surface area contributed by atoms with Crippen LogP contribution in [0.3, 0.4) is 0 Å². The van der Waals surface area contributed by atoms with Crippen molar-refractivity contribution in [3.63, 3.8) is 0 Å². The van der Waals surface area contributed by atoms with Crippen molar-refractivity contribution in [3.05, 3.63) is 34.3 Å². The molecule has 21 heavy (non-hydrogen) atoms. The van der Waals surface area contributed by atoms with E-state index in [4.69, 9.17) is 0 Å². The van der Waals surface area contributed by atoms with Crippen molar-refractivity contribution >= 4 is 15.9 Å². The second-order valence-electron chi connectivity index (χ2n) is 7.04. The number of hydrogen-bond acceptors (Lipinski definition) is 2. The van der Waals surface area contributed by atoms with Crippen molar-refractivity contribution in [2.45, 2.75) is 45.6 Å². The van der Waals surface area contributed by atoms with Crippen LogP contribution in [0.4, 0.5) is 0 Å². The molecule has 1 atom stereocenters. The Morgan fingerprint density at radius 3 is 2.81 bits per heavy atom. The minimum absolute atomic E-state index is 0.443. The Hall–Kier alpha value is -0.380. The number of benzene rings is 1. The largest absolute Gasteiger partial charge is 0.313 e. The van der Waals surface area contributed by atoms with Crippen LogP contribution in [0.25, 0.3) is 0 Å². The quantitative estimate of drug-likeness (QED) is 0.832. The molecule has 0 aromatic heterocycles. The highest BCUT2D eigenvalue weighted by molar-refractivity contribution is 9.10. The first kappa shape index (κ1) is 17.0. The first-order valence-corrected chi connectivity index (χ1v) is 8.94. The highest BCUT2D eigenvalue weighted by Crippen LogP contribution is 2.30. The molecule has 1 saturated heterocycles. The predicted molar refractivity (Wildman–Crippen MR) is 94.6 cm³/mol. The molecule has 0 amide bonds. The summed E-state index contributed by atoms with van der Waals surface area (Å²) in [6, 6.07) is 9.11. The van der Waals surface area contributed by atoms with Gasteiger partial charge in [-0.05, 0) is 75.5 Å². The van der Waals surface area contributed by atoms with Crippen molar-refractivity contribution < 1.29 is 0 Å². The molecule has 0 saturated carbocycles. The SMILES string of the molecule is CNC(CCN1CCCC(C)(C)CC1)c1cccc(Br)c1. The highest BCUT2D eigenvalue weighted by Gasteiger charge is 2.23. The van der Waals surface area contributed by atoms with Crippen LogP contribution in [-0.4, -0.2) is 31.6 Å². The predicted octanol–water partition coefficient (Wildman–Crippen LogP) is 4.61. The van der Waals surface area contributed by atoms with Crippen molar-refractivity contribution in [1.82, 2.24) is 10.2 Å². The molecule has 1 unspecified atom stereocenters. The number of nitrogens with zero attached hydrogens (tertiary/aromatic N) is 1. The fourth-order valence-corrected chi connectivity index (χ4v) is 3.63. The third-order valence-electron chi connectivity index (χ3n) is 4.77. The molecule has 1 aromatic rings. The number of halogens is 1. The third-order valence-corrected chi connectivity index (χ3v) is 5.26. The van der Waals surface area contributed by atoms with E-state index >= 15 is 0 Å². The van der Waals surface area contributed by atoms with E-state index in [-0.39, 0.29) is 0 Å². The van der Waals surface area contributed by atoms with Gasteiger partial charge < -0.3 is 10.2 Å². The maximum atomic E-state index is 3.57. The lowest BCUT2D eigenvalue weighted by molar-refractivity contribution is 0.251. The first-order valence-electron chi connectivity index (χ1n) is 8.15. The molecule has 1 aliphatic rings. The van der Waals surface area contributed by atoms with Gasteiger partial charge >= 0.3 is 0 Å². The smallest absolute Gasteiger partial charge is 0.0330 e. The van der Waals surface area contributed by atoms with E-state index < -0.39 is 0 Å². The summed E-state index contributed by atoms with van der Waals surface area (Å²) in [7, 11) is 2.07. The Morgan fingerprint density at radius 2 is 2.10 bits per heavy atom. The minimum Gasteiger partial charge on any atom is -0.313 e. The van der Waals surface area contributed by atoms with Gasteiger partial charge in [0.25, 0.3) is 0 Å². The summed E-state index contributed by atoms with van der Waals surface area (Å²) in [5.74, 6) is 0. The molecule has 0 radical (unpaired) electrons. The van der Waals surface area contributed by atoms with Crippen LogP contribution in [0.5, 0.6) is 0 Å². The highest BCUT2D eigenvalue weighted by atomic mass is 79.9. The Kier molecular flexibility index (Phi) is 6.27.